The highest BCUT2D eigenvalue weighted by atomic mass is 35.6. The number of alkyl halides is 3. The van der Waals surface area contributed by atoms with E-state index in [1.54, 1.807) is 12.1 Å². The van der Waals surface area contributed by atoms with Crippen LogP contribution in [-0.4, -0.2) is 20.6 Å². The van der Waals surface area contributed by atoms with Gasteiger partial charge in [-0.05, 0) is 23.9 Å². The van der Waals surface area contributed by atoms with E-state index in [-0.39, 0.29) is 0 Å². The summed E-state index contributed by atoms with van der Waals surface area (Å²) < 4.78 is 3.80. The minimum atomic E-state index is -1.66. The van der Waals surface area contributed by atoms with Crippen LogP contribution >= 0.6 is 46.6 Å². The van der Waals surface area contributed by atoms with E-state index in [9.17, 15) is 4.79 Å². The number of thioether (sulfide) groups is 1. The summed E-state index contributed by atoms with van der Waals surface area (Å²) in [5, 5.41) is 1.94. The molecular weight excluding hydrogens is 319 g/mol. The minimum Gasteiger partial charge on any atom is -0.431 e. The van der Waals surface area contributed by atoms with Crippen LogP contribution in [0.3, 0.4) is 0 Å². The van der Waals surface area contributed by atoms with Crippen molar-refractivity contribution < 1.29 is 9.21 Å². The Labute approximate surface area is 122 Å². The first-order chi connectivity index (χ1) is 8.50. The molecule has 96 valence electrons. The Hall–Kier alpha value is -0.620. The summed E-state index contributed by atoms with van der Waals surface area (Å²) in [6.45, 7) is 0. The SMILES string of the molecule is O=CNC(Sc1nc2ccccc2o1)C(Cl)(Cl)Cl. The second kappa shape index (κ2) is 5.57. The van der Waals surface area contributed by atoms with E-state index in [1.807, 2.05) is 12.1 Å². The average molecular weight is 326 g/mol. The number of carbonyl (C=O) groups is 1. The summed E-state index contributed by atoms with van der Waals surface area (Å²) in [7, 11) is 0. The van der Waals surface area contributed by atoms with Crippen molar-refractivity contribution in [3.8, 4) is 0 Å². The molecule has 1 atom stereocenters. The summed E-state index contributed by atoms with van der Waals surface area (Å²) in [5.41, 5.74) is 1.34. The fourth-order valence-corrected chi connectivity index (χ4v) is 2.60. The van der Waals surface area contributed by atoms with Crippen LogP contribution in [0.2, 0.25) is 0 Å². The summed E-state index contributed by atoms with van der Waals surface area (Å²) in [5.74, 6) is 0. The number of fused-ring (bicyclic) bond motifs is 1. The Balaban J connectivity index is 2.23. The number of carbonyl (C=O) groups excluding carboxylic acids is 1. The highest BCUT2D eigenvalue weighted by molar-refractivity contribution is 8.00. The van der Waals surface area contributed by atoms with Crippen molar-refractivity contribution in [1.29, 1.82) is 0 Å². The molecule has 1 amide bonds. The summed E-state index contributed by atoms with van der Waals surface area (Å²) in [6, 6.07) is 7.26. The number of amides is 1. The number of halogens is 3. The molecule has 0 aliphatic carbocycles. The zero-order valence-electron chi connectivity index (χ0n) is 8.77. The second-order valence-electron chi connectivity index (χ2n) is 3.27. The van der Waals surface area contributed by atoms with Gasteiger partial charge in [0.05, 0.1) is 0 Å². The Kier molecular flexibility index (Phi) is 4.27. The van der Waals surface area contributed by atoms with E-state index in [2.05, 4.69) is 10.3 Å². The van der Waals surface area contributed by atoms with Crippen LogP contribution in [0.25, 0.3) is 11.1 Å². The van der Waals surface area contributed by atoms with Crippen LogP contribution in [0.15, 0.2) is 33.9 Å². The van der Waals surface area contributed by atoms with E-state index in [4.69, 9.17) is 39.2 Å². The summed E-state index contributed by atoms with van der Waals surface area (Å²) in [6.07, 6.45) is 0.461. The van der Waals surface area contributed by atoms with Gasteiger partial charge in [-0.2, -0.15) is 0 Å². The molecule has 8 heteroatoms. The maximum absolute atomic E-state index is 10.5. The highest BCUT2D eigenvalue weighted by Crippen LogP contribution is 2.39. The smallest absolute Gasteiger partial charge is 0.258 e. The molecule has 1 aromatic heterocycles. The van der Waals surface area contributed by atoms with Gasteiger partial charge in [0, 0.05) is 0 Å². The lowest BCUT2D eigenvalue weighted by Crippen LogP contribution is -2.36. The van der Waals surface area contributed by atoms with Crippen LogP contribution < -0.4 is 5.32 Å². The van der Waals surface area contributed by atoms with Gasteiger partial charge in [0.25, 0.3) is 5.22 Å². The number of nitrogens with one attached hydrogen (secondary N) is 1. The summed E-state index contributed by atoms with van der Waals surface area (Å²) >= 11 is 18.3. The molecule has 1 N–H and O–H groups in total. The molecule has 0 aliphatic heterocycles. The number of para-hydroxylation sites is 2. The third kappa shape index (κ3) is 3.23. The van der Waals surface area contributed by atoms with Crippen molar-refractivity contribution in [3.63, 3.8) is 0 Å². The molecule has 1 unspecified atom stereocenters. The largest absolute Gasteiger partial charge is 0.431 e. The Morgan fingerprint density at radius 3 is 2.72 bits per heavy atom. The normalized spacial score (nSPS) is 13.5. The molecule has 0 radical (unpaired) electrons. The molecule has 0 spiro atoms. The van der Waals surface area contributed by atoms with Gasteiger partial charge in [-0.3, -0.25) is 4.79 Å². The van der Waals surface area contributed by atoms with Gasteiger partial charge in [-0.15, -0.1) is 0 Å². The molecule has 0 saturated carbocycles. The van der Waals surface area contributed by atoms with Gasteiger partial charge < -0.3 is 9.73 Å². The zero-order valence-corrected chi connectivity index (χ0v) is 11.9. The maximum atomic E-state index is 10.5. The van der Waals surface area contributed by atoms with Crippen molar-refractivity contribution in [2.45, 2.75) is 14.4 Å². The molecule has 4 nitrogen and oxygen atoms in total. The number of nitrogens with zero attached hydrogens (tertiary/aromatic N) is 1. The third-order valence-electron chi connectivity index (χ3n) is 2.01. The lowest BCUT2D eigenvalue weighted by Gasteiger charge is -2.21. The van der Waals surface area contributed by atoms with E-state index >= 15 is 0 Å². The number of hydrogen-bond acceptors (Lipinski definition) is 4. The Morgan fingerprint density at radius 1 is 1.39 bits per heavy atom. The predicted octanol–water partition coefficient (Wildman–Crippen LogP) is 3.36. The van der Waals surface area contributed by atoms with Crippen molar-refractivity contribution >= 4 is 64.1 Å². The molecule has 2 rings (SSSR count). The number of oxazole rings is 1. The predicted molar refractivity (Wildman–Crippen MR) is 73.1 cm³/mol. The topological polar surface area (TPSA) is 55.1 Å². The molecule has 0 aliphatic rings. The number of aromatic nitrogens is 1. The second-order valence-corrected chi connectivity index (χ2v) is 6.70. The fourth-order valence-electron chi connectivity index (χ4n) is 1.26. The molecule has 0 saturated heterocycles. The first kappa shape index (κ1) is 13.8. The van der Waals surface area contributed by atoms with Gasteiger partial charge in [0.15, 0.2) is 5.58 Å². The molecule has 1 aromatic carbocycles. The Bertz CT molecular complexity index is 522. The van der Waals surface area contributed by atoms with E-state index < -0.39 is 9.17 Å². The third-order valence-corrected chi connectivity index (χ3v) is 4.15. The van der Waals surface area contributed by atoms with Crippen molar-refractivity contribution in [2.75, 3.05) is 0 Å². The molecule has 18 heavy (non-hydrogen) atoms. The minimum absolute atomic E-state index is 0.321. The van der Waals surface area contributed by atoms with E-state index in [0.29, 0.717) is 22.7 Å². The van der Waals surface area contributed by atoms with Gasteiger partial charge >= 0.3 is 0 Å². The summed E-state index contributed by atoms with van der Waals surface area (Å²) in [4.78, 5) is 14.7. The van der Waals surface area contributed by atoms with Crippen molar-refractivity contribution in [1.82, 2.24) is 10.3 Å². The van der Waals surface area contributed by atoms with Gasteiger partial charge in [0.1, 0.15) is 10.9 Å². The van der Waals surface area contributed by atoms with Crippen LogP contribution in [-0.2, 0) is 4.79 Å². The number of benzene rings is 1. The monoisotopic (exact) mass is 324 g/mol. The standard InChI is InChI=1S/C10H7Cl3N2O2S/c11-10(12,13)8(14-5-16)18-9-15-6-3-1-2-4-7(6)17-9/h1-5,8H,(H,14,16). The van der Waals surface area contributed by atoms with Crippen LogP contribution in [0.5, 0.6) is 0 Å². The first-order valence-electron chi connectivity index (χ1n) is 4.79. The maximum Gasteiger partial charge on any atom is 0.258 e. The van der Waals surface area contributed by atoms with Crippen LogP contribution in [0, 0.1) is 0 Å². The Morgan fingerprint density at radius 2 is 2.11 bits per heavy atom. The highest BCUT2D eigenvalue weighted by Gasteiger charge is 2.34. The van der Waals surface area contributed by atoms with Crippen molar-refractivity contribution in [2.24, 2.45) is 0 Å². The number of rotatable bonds is 4. The van der Waals surface area contributed by atoms with Crippen molar-refractivity contribution in [3.05, 3.63) is 24.3 Å². The molecule has 1 heterocycles. The first-order valence-corrected chi connectivity index (χ1v) is 6.80. The lowest BCUT2D eigenvalue weighted by molar-refractivity contribution is -0.109. The molecule has 2 aromatic rings. The van der Waals surface area contributed by atoms with Gasteiger partial charge in [-0.25, -0.2) is 4.98 Å². The van der Waals surface area contributed by atoms with Crippen LogP contribution in [0.1, 0.15) is 0 Å². The van der Waals surface area contributed by atoms with Gasteiger partial charge in [-0.1, -0.05) is 46.9 Å². The lowest BCUT2D eigenvalue weighted by atomic mass is 10.3. The number of hydrogen-bond donors (Lipinski definition) is 1. The molecular formula is C10H7Cl3N2O2S. The van der Waals surface area contributed by atoms with Crippen LogP contribution in [0.4, 0.5) is 0 Å². The zero-order chi connectivity index (χ0) is 13.2. The van der Waals surface area contributed by atoms with Gasteiger partial charge in [0.2, 0.25) is 10.2 Å². The molecule has 0 bridgehead atoms. The van der Waals surface area contributed by atoms with E-state index in [0.717, 1.165) is 11.8 Å². The quantitative estimate of drug-likeness (QED) is 0.405. The van der Waals surface area contributed by atoms with E-state index in [1.165, 1.54) is 0 Å². The fraction of sp³-hybridized carbons (Fsp3) is 0.200. The molecule has 0 fully saturated rings. The average Bonchev–Trinajstić information content (AvgIpc) is 2.69.